The summed E-state index contributed by atoms with van der Waals surface area (Å²) in [5.41, 5.74) is 4.74. The average molecular weight is 386 g/mol. The van der Waals surface area contributed by atoms with Gasteiger partial charge < -0.3 is 10.6 Å². The summed E-state index contributed by atoms with van der Waals surface area (Å²) in [6, 6.07) is 19.0. The summed E-state index contributed by atoms with van der Waals surface area (Å²) >= 11 is 0. The van der Waals surface area contributed by atoms with Crippen molar-refractivity contribution in [1.82, 2.24) is 0 Å². The summed E-state index contributed by atoms with van der Waals surface area (Å²) in [5, 5.41) is 5.66. The maximum atomic E-state index is 12.6. The minimum absolute atomic E-state index is 0.0367. The van der Waals surface area contributed by atoms with Crippen LogP contribution in [0.5, 0.6) is 0 Å². The molecule has 0 aliphatic carbocycles. The largest absolute Gasteiger partial charge is 0.322 e. The smallest absolute Gasteiger partial charge is 0.255 e. The first-order valence-corrected chi connectivity index (χ1v) is 9.24. The van der Waals surface area contributed by atoms with E-state index < -0.39 is 0 Å². The van der Waals surface area contributed by atoms with Crippen molar-refractivity contribution in [3.8, 4) is 0 Å². The fourth-order valence-electron chi connectivity index (χ4n) is 2.94. The van der Waals surface area contributed by atoms with Crippen LogP contribution in [0.25, 0.3) is 0 Å². The topological polar surface area (TPSA) is 75.3 Å². The number of ketones is 1. The van der Waals surface area contributed by atoms with E-state index in [4.69, 9.17) is 0 Å². The van der Waals surface area contributed by atoms with Crippen molar-refractivity contribution in [2.75, 3.05) is 10.6 Å². The number of carbonyl (C=O) groups is 3. The molecule has 2 amide bonds. The molecule has 0 fully saturated rings. The molecular weight excluding hydrogens is 364 g/mol. The monoisotopic (exact) mass is 386 g/mol. The summed E-state index contributed by atoms with van der Waals surface area (Å²) < 4.78 is 0. The highest BCUT2D eigenvalue weighted by molar-refractivity contribution is 6.09. The summed E-state index contributed by atoms with van der Waals surface area (Å²) in [4.78, 5) is 36.5. The van der Waals surface area contributed by atoms with E-state index in [1.165, 1.54) is 6.92 Å². The molecule has 0 aromatic heterocycles. The molecule has 0 saturated heterocycles. The molecule has 0 aliphatic heterocycles. The lowest BCUT2D eigenvalue weighted by Gasteiger charge is -2.10. The highest BCUT2D eigenvalue weighted by atomic mass is 16.2. The van der Waals surface area contributed by atoms with Gasteiger partial charge in [0.15, 0.2) is 5.78 Å². The number of nitrogens with one attached hydrogen (secondary N) is 2. The first kappa shape index (κ1) is 20.0. The van der Waals surface area contributed by atoms with Crippen molar-refractivity contribution < 1.29 is 14.4 Å². The molecule has 0 unspecified atom stereocenters. The summed E-state index contributed by atoms with van der Waals surface area (Å²) in [6.07, 6.45) is 0. The zero-order valence-electron chi connectivity index (χ0n) is 16.6. The van der Waals surface area contributed by atoms with Gasteiger partial charge in [-0.3, -0.25) is 14.4 Å². The number of hydrogen-bond acceptors (Lipinski definition) is 3. The third kappa shape index (κ3) is 4.96. The minimum Gasteiger partial charge on any atom is -0.322 e. The molecular formula is C24H22N2O3. The van der Waals surface area contributed by atoms with E-state index in [0.29, 0.717) is 22.4 Å². The molecule has 0 saturated carbocycles. The van der Waals surface area contributed by atoms with Crippen LogP contribution >= 0.6 is 0 Å². The summed E-state index contributed by atoms with van der Waals surface area (Å²) in [6.45, 7) is 5.42. The molecule has 5 nitrogen and oxygen atoms in total. The Labute approximate surface area is 169 Å². The fraction of sp³-hybridized carbons (Fsp3) is 0.125. The number of aryl methyl sites for hydroxylation is 2. The van der Waals surface area contributed by atoms with E-state index in [-0.39, 0.29) is 17.6 Å². The molecule has 146 valence electrons. The van der Waals surface area contributed by atoms with E-state index in [1.807, 2.05) is 32.0 Å². The molecule has 0 radical (unpaired) electrons. The number of carbonyl (C=O) groups excluding carboxylic acids is 3. The van der Waals surface area contributed by atoms with Crippen molar-refractivity contribution >= 4 is 29.0 Å². The standard InChI is InChI=1S/C24H22N2O3/c1-15-7-12-22(16(2)13-15)26-24(29)20-6-4-5-19(14-20)23(28)25-21-10-8-18(9-11-21)17(3)27/h4-14H,1-3H3,(H,25,28)(H,26,29). The van der Waals surface area contributed by atoms with E-state index >= 15 is 0 Å². The van der Waals surface area contributed by atoms with Crippen LogP contribution in [-0.4, -0.2) is 17.6 Å². The molecule has 3 aromatic carbocycles. The maximum absolute atomic E-state index is 12.6. The third-order valence-corrected chi connectivity index (χ3v) is 4.57. The number of anilines is 2. The van der Waals surface area contributed by atoms with Gasteiger partial charge in [-0.15, -0.1) is 0 Å². The Morgan fingerprint density at radius 2 is 1.31 bits per heavy atom. The highest BCUT2D eigenvalue weighted by Gasteiger charge is 2.12. The fourth-order valence-corrected chi connectivity index (χ4v) is 2.94. The molecule has 0 aliphatic rings. The van der Waals surface area contributed by atoms with E-state index in [2.05, 4.69) is 10.6 Å². The van der Waals surface area contributed by atoms with Gasteiger partial charge in [0.25, 0.3) is 11.8 Å². The van der Waals surface area contributed by atoms with Gasteiger partial charge in [0, 0.05) is 28.1 Å². The lowest BCUT2D eigenvalue weighted by molar-refractivity contribution is 0.101. The Kier molecular flexibility index (Phi) is 5.88. The first-order valence-electron chi connectivity index (χ1n) is 9.24. The van der Waals surface area contributed by atoms with Crippen LogP contribution in [0, 0.1) is 13.8 Å². The predicted molar refractivity (Wildman–Crippen MR) is 115 cm³/mol. The normalized spacial score (nSPS) is 10.3. The van der Waals surface area contributed by atoms with Gasteiger partial charge in [-0.25, -0.2) is 0 Å². The van der Waals surface area contributed by atoms with E-state index in [1.54, 1.807) is 48.5 Å². The Morgan fingerprint density at radius 3 is 1.90 bits per heavy atom. The van der Waals surface area contributed by atoms with Gasteiger partial charge >= 0.3 is 0 Å². The maximum Gasteiger partial charge on any atom is 0.255 e. The van der Waals surface area contributed by atoms with Gasteiger partial charge in [0.1, 0.15) is 0 Å². The Bertz CT molecular complexity index is 1090. The molecule has 5 heteroatoms. The van der Waals surface area contributed by atoms with E-state index in [9.17, 15) is 14.4 Å². The molecule has 3 rings (SSSR count). The molecule has 0 spiro atoms. The van der Waals surface area contributed by atoms with Crippen LogP contribution in [0.1, 0.15) is 49.1 Å². The molecule has 2 N–H and O–H groups in total. The van der Waals surface area contributed by atoms with Crippen molar-refractivity contribution in [3.05, 3.63) is 94.5 Å². The van der Waals surface area contributed by atoms with E-state index in [0.717, 1.165) is 16.8 Å². The van der Waals surface area contributed by atoms with Crippen LogP contribution in [0.3, 0.4) is 0 Å². The molecule has 0 bridgehead atoms. The second kappa shape index (κ2) is 8.52. The van der Waals surface area contributed by atoms with Crippen molar-refractivity contribution in [1.29, 1.82) is 0 Å². The van der Waals surface area contributed by atoms with Crippen LogP contribution in [0.15, 0.2) is 66.7 Å². The van der Waals surface area contributed by atoms with Crippen LogP contribution in [0.2, 0.25) is 0 Å². The second-order valence-electron chi connectivity index (χ2n) is 6.94. The quantitative estimate of drug-likeness (QED) is 0.605. The van der Waals surface area contributed by atoms with Crippen LogP contribution < -0.4 is 10.6 Å². The Hall–Kier alpha value is -3.73. The average Bonchev–Trinajstić information content (AvgIpc) is 2.70. The summed E-state index contributed by atoms with van der Waals surface area (Å²) in [7, 11) is 0. The minimum atomic E-state index is -0.332. The molecule has 29 heavy (non-hydrogen) atoms. The van der Waals surface area contributed by atoms with Crippen molar-refractivity contribution in [2.24, 2.45) is 0 Å². The third-order valence-electron chi connectivity index (χ3n) is 4.57. The molecule has 3 aromatic rings. The van der Waals surface area contributed by atoms with Crippen molar-refractivity contribution in [2.45, 2.75) is 20.8 Å². The van der Waals surface area contributed by atoms with Gasteiger partial charge in [0.2, 0.25) is 0 Å². The zero-order valence-corrected chi connectivity index (χ0v) is 16.6. The second-order valence-corrected chi connectivity index (χ2v) is 6.94. The molecule has 0 atom stereocenters. The first-order chi connectivity index (χ1) is 13.8. The number of benzene rings is 3. The number of hydrogen-bond donors (Lipinski definition) is 2. The van der Waals surface area contributed by atoms with Gasteiger partial charge in [0.05, 0.1) is 0 Å². The van der Waals surface area contributed by atoms with Crippen LogP contribution in [-0.2, 0) is 0 Å². The molecule has 0 heterocycles. The predicted octanol–water partition coefficient (Wildman–Crippen LogP) is 5.01. The SMILES string of the molecule is CC(=O)c1ccc(NC(=O)c2cccc(C(=O)Nc3ccc(C)cc3C)c2)cc1. The van der Waals surface area contributed by atoms with Gasteiger partial charge in [-0.1, -0.05) is 23.8 Å². The number of Topliss-reactive ketones (excluding diaryl/α,β-unsaturated/α-hetero) is 1. The zero-order chi connectivity index (χ0) is 21.0. The van der Waals surface area contributed by atoms with Gasteiger partial charge in [-0.2, -0.15) is 0 Å². The Balaban J connectivity index is 1.73. The van der Waals surface area contributed by atoms with Crippen molar-refractivity contribution in [3.63, 3.8) is 0 Å². The number of rotatable bonds is 5. The lowest BCUT2D eigenvalue weighted by atomic mass is 10.1. The lowest BCUT2D eigenvalue weighted by Crippen LogP contribution is -2.16. The number of amides is 2. The van der Waals surface area contributed by atoms with Gasteiger partial charge in [-0.05, 0) is 74.9 Å². The highest BCUT2D eigenvalue weighted by Crippen LogP contribution is 2.18. The Morgan fingerprint density at radius 1 is 0.690 bits per heavy atom. The van der Waals surface area contributed by atoms with Crippen LogP contribution in [0.4, 0.5) is 11.4 Å². The summed E-state index contributed by atoms with van der Waals surface area (Å²) in [5.74, 6) is -0.649.